The predicted octanol–water partition coefficient (Wildman–Crippen LogP) is 1.82. The van der Waals surface area contributed by atoms with Crippen molar-refractivity contribution in [2.75, 3.05) is 12.4 Å². The Morgan fingerprint density at radius 1 is 1.44 bits per heavy atom. The number of aryl methyl sites for hydroxylation is 1. The topological polar surface area (TPSA) is 66.9 Å². The molecule has 0 atom stereocenters. The first-order valence-electron chi connectivity index (χ1n) is 5.51. The number of hydrogen-bond donors (Lipinski definition) is 2. The molecule has 0 saturated carbocycles. The molecule has 2 N–H and O–H groups in total. The number of anilines is 1. The molecule has 2 aromatic heterocycles. The zero-order chi connectivity index (χ0) is 13.0. The largest absolute Gasteiger partial charge is 0.373 e. The Kier molecular flexibility index (Phi) is 3.88. The van der Waals surface area contributed by atoms with E-state index in [-0.39, 0.29) is 5.91 Å². The van der Waals surface area contributed by atoms with Crippen molar-refractivity contribution < 1.29 is 4.79 Å². The summed E-state index contributed by atoms with van der Waals surface area (Å²) in [5.41, 5.74) is 4.02. The molecule has 2 rings (SSSR count). The summed E-state index contributed by atoms with van der Waals surface area (Å²) in [7, 11) is 1.78. The molecule has 0 radical (unpaired) electrons. The van der Waals surface area contributed by atoms with E-state index in [1.807, 2.05) is 12.3 Å². The Bertz CT molecular complexity index is 539. The Labute approximate surface area is 109 Å². The highest BCUT2D eigenvalue weighted by atomic mass is 32.1. The van der Waals surface area contributed by atoms with Crippen LogP contribution in [0.5, 0.6) is 0 Å². The van der Waals surface area contributed by atoms with Crippen LogP contribution in [0.1, 0.15) is 21.7 Å². The molecule has 0 spiro atoms. The average Bonchev–Trinajstić information content (AvgIpc) is 2.88. The van der Waals surface area contributed by atoms with Crippen molar-refractivity contribution in [1.29, 1.82) is 0 Å². The third kappa shape index (κ3) is 3.04. The fraction of sp³-hybridized carbons (Fsp3) is 0.250. The average molecular weight is 262 g/mol. The number of hydrogen-bond acceptors (Lipinski definition) is 5. The van der Waals surface area contributed by atoms with Crippen LogP contribution in [0.4, 0.5) is 5.82 Å². The van der Waals surface area contributed by atoms with Gasteiger partial charge in [-0.2, -0.15) is 0 Å². The molecule has 2 heterocycles. The van der Waals surface area contributed by atoms with Crippen molar-refractivity contribution in [2.45, 2.75) is 13.5 Å². The van der Waals surface area contributed by atoms with Gasteiger partial charge in [0, 0.05) is 23.7 Å². The summed E-state index contributed by atoms with van der Waals surface area (Å²) in [4.78, 5) is 20.3. The van der Waals surface area contributed by atoms with Crippen LogP contribution in [0.15, 0.2) is 23.0 Å². The number of nitrogens with one attached hydrogen (secondary N) is 2. The molecule has 6 heteroatoms. The van der Waals surface area contributed by atoms with Gasteiger partial charge in [-0.1, -0.05) is 0 Å². The van der Waals surface area contributed by atoms with Gasteiger partial charge < -0.3 is 10.6 Å². The smallest absolute Gasteiger partial charge is 0.251 e. The molecule has 0 aliphatic heterocycles. The standard InChI is InChI=1S/C12H14N4OS/c1-8-3-9(4-11(13-2)16-8)12(17)14-5-10-6-18-7-15-10/h3-4,6-7H,5H2,1-2H3,(H,13,16)(H,14,17). The van der Waals surface area contributed by atoms with Gasteiger partial charge in [-0.05, 0) is 19.1 Å². The van der Waals surface area contributed by atoms with Gasteiger partial charge in [0.25, 0.3) is 5.91 Å². The van der Waals surface area contributed by atoms with Gasteiger partial charge in [-0.3, -0.25) is 4.79 Å². The molecule has 0 aliphatic carbocycles. The van der Waals surface area contributed by atoms with E-state index >= 15 is 0 Å². The van der Waals surface area contributed by atoms with Gasteiger partial charge in [-0.25, -0.2) is 9.97 Å². The third-order valence-electron chi connectivity index (χ3n) is 2.39. The number of pyridine rings is 1. The van der Waals surface area contributed by atoms with Gasteiger partial charge in [-0.15, -0.1) is 11.3 Å². The maximum Gasteiger partial charge on any atom is 0.251 e. The highest BCUT2D eigenvalue weighted by Crippen LogP contribution is 2.10. The summed E-state index contributed by atoms with van der Waals surface area (Å²) in [5.74, 6) is 0.568. The van der Waals surface area contributed by atoms with Crippen LogP contribution < -0.4 is 10.6 Å². The van der Waals surface area contributed by atoms with E-state index in [0.29, 0.717) is 17.9 Å². The molecule has 0 aromatic carbocycles. The first-order chi connectivity index (χ1) is 8.69. The molecule has 94 valence electrons. The van der Waals surface area contributed by atoms with Crippen molar-refractivity contribution in [1.82, 2.24) is 15.3 Å². The maximum absolute atomic E-state index is 12.0. The normalized spacial score (nSPS) is 10.1. The van der Waals surface area contributed by atoms with Gasteiger partial charge in [0.1, 0.15) is 5.82 Å². The van der Waals surface area contributed by atoms with Gasteiger partial charge in [0.15, 0.2) is 0 Å². The van der Waals surface area contributed by atoms with E-state index in [9.17, 15) is 4.79 Å². The van der Waals surface area contributed by atoms with Crippen molar-refractivity contribution in [3.8, 4) is 0 Å². The molecule has 0 unspecified atom stereocenters. The first kappa shape index (κ1) is 12.5. The molecule has 18 heavy (non-hydrogen) atoms. The number of thiazole rings is 1. The lowest BCUT2D eigenvalue weighted by molar-refractivity contribution is 0.0950. The highest BCUT2D eigenvalue weighted by molar-refractivity contribution is 7.07. The summed E-state index contributed by atoms with van der Waals surface area (Å²) in [6.07, 6.45) is 0. The van der Waals surface area contributed by atoms with Crippen LogP contribution in [-0.4, -0.2) is 22.9 Å². The summed E-state index contributed by atoms with van der Waals surface area (Å²) >= 11 is 1.51. The van der Waals surface area contributed by atoms with Crippen LogP contribution in [0.2, 0.25) is 0 Å². The second-order valence-electron chi connectivity index (χ2n) is 3.79. The first-order valence-corrected chi connectivity index (χ1v) is 6.45. The SMILES string of the molecule is CNc1cc(C(=O)NCc2cscn2)cc(C)n1. The summed E-state index contributed by atoms with van der Waals surface area (Å²) < 4.78 is 0. The monoisotopic (exact) mass is 262 g/mol. The van der Waals surface area contributed by atoms with Gasteiger partial charge in [0.2, 0.25) is 0 Å². The van der Waals surface area contributed by atoms with Crippen molar-refractivity contribution >= 4 is 23.1 Å². The molecule has 2 aromatic rings. The molecule has 0 bridgehead atoms. The van der Waals surface area contributed by atoms with Crippen LogP contribution >= 0.6 is 11.3 Å². The fourth-order valence-corrected chi connectivity index (χ4v) is 2.08. The van der Waals surface area contributed by atoms with E-state index in [4.69, 9.17) is 0 Å². The maximum atomic E-state index is 12.0. The van der Waals surface area contributed by atoms with Crippen LogP contribution in [-0.2, 0) is 6.54 Å². The van der Waals surface area contributed by atoms with Crippen molar-refractivity contribution in [2.24, 2.45) is 0 Å². The number of rotatable bonds is 4. The third-order valence-corrected chi connectivity index (χ3v) is 3.02. The van der Waals surface area contributed by atoms with Gasteiger partial charge in [0.05, 0.1) is 17.7 Å². The molecular weight excluding hydrogens is 248 g/mol. The number of carbonyl (C=O) groups is 1. The molecule has 0 aliphatic rings. The fourth-order valence-electron chi connectivity index (χ4n) is 1.53. The lowest BCUT2D eigenvalue weighted by Crippen LogP contribution is -2.23. The summed E-state index contributed by atoms with van der Waals surface area (Å²) in [6, 6.07) is 3.49. The van der Waals surface area contributed by atoms with Gasteiger partial charge >= 0.3 is 0 Å². The number of carbonyl (C=O) groups excluding carboxylic acids is 1. The number of amides is 1. The quantitative estimate of drug-likeness (QED) is 0.882. The second-order valence-corrected chi connectivity index (χ2v) is 4.51. The minimum Gasteiger partial charge on any atom is -0.373 e. The van der Waals surface area contributed by atoms with E-state index in [2.05, 4.69) is 20.6 Å². The lowest BCUT2D eigenvalue weighted by atomic mass is 10.2. The predicted molar refractivity (Wildman–Crippen MR) is 71.8 cm³/mol. The Hall–Kier alpha value is -1.95. The number of nitrogens with zero attached hydrogens (tertiary/aromatic N) is 2. The Balaban J connectivity index is 2.06. The van der Waals surface area contributed by atoms with Crippen LogP contribution in [0.3, 0.4) is 0 Å². The van der Waals surface area contributed by atoms with Crippen LogP contribution in [0, 0.1) is 6.92 Å². The van der Waals surface area contributed by atoms with E-state index < -0.39 is 0 Å². The highest BCUT2D eigenvalue weighted by Gasteiger charge is 2.08. The van der Waals surface area contributed by atoms with Crippen molar-refractivity contribution in [3.05, 3.63) is 40.0 Å². The minimum atomic E-state index is -0.120. The Morgan fingerprint density at radius 2 is 2.28 bits per heavy atom. The molecular formula is C12H14N4OS. The minimum absolute atomic E-state index is 0.120. The molecule has 1 amide bonds. The van der Waals surface area contributed by atoms with E-state index in [1.54, 1.807) is 24.7 Å². The zero-order valence-electron chi connectivity index (χ0n) is 10.2. The van der Waals surface area contributed by atoms with Crippen LogP contribution in [0.25, 0.3) is 0 Å². The number of aromatic nitrogens is 2. The van der Waals surface area contributed by atoms with Crippen molar-refractivity contribution in [3.63, 3.8) is 0 Å². The second kappa shape index (κ2) is 5.59. The van der Waals surface area contributed by atoms with E-state index in [0.717, 1.165) is 11.4 Å². The zero-order valence-corrected chi connectivity index (χ0v) is 11.0. The molecule has 0 saturated heterocycles. The molecule has 0 fully saturated rings. The molecule has 5 nitrogen and oxygen atoms in total. The summed E-state index contributed by atoms with van der Waals surface area (Å²) in [6.45, 7) is 2.30. The van der Waals surface area contributed by atoms with E-state index in [1.165, 1.54) is 11.3 Å². The Morgan fingerprint density at radius 3 is 2.94 bits per heavy atom. The summed E-state index contributed by atoms with van der Waals surface area (Å²) in [5, 5.41) is 7.67. The lowest BCUT2D eigenvalue weighted by Gasteiger charge is -2.06.